The van der Waals surface area contributed by atoms with Crippen molar-refractivity contribution in [1.82, 2.24) is 4.90 Å². The largest absolute Gasteiger partial charge is 0.316 e. The molecule has 0 saturated carbocycles. The molecule has 4 N–H and O–H groups in total. The lowest BCUT2D eigenvalue weighted by Gasteiger charge is -2.19. The summed E-state index contributed by atoms with van der Waals surface area (Å²) < 4.78 is 23.0. The first kappa shape index (κ1) is 16.5. The molecule has 0 aromatic heterocycles. The summed E-state index contributed by atoms with van der Waals surface area (Å²) in [5.74, 6) is 0. The number of nitro groups is 1. The summed E-state index contributed by atoms with van der Waals surface area (Å²) in [6.45, 7) is 0. The van der Waals surface area contributed by atoms with Crippen LogP contribution in [-0.4, -0.2) is 38.5 Å². The number of nitro benzene ring substituents is 1. The average Bonchev–Trinajstić information content (AvgIpc) is 2.34. The number of nitrogens with two attached hydrogens (primary N) is 2. The summed E-state index contributed by atoms with van der Waals surface area (Å²) in [5.41, 5.74) is 5.95. The van der Waals surface area contributed by atoms with Crippen LogP contribution >= 0.6 is 0 Å². The van der Waals surface area contributed by atoms with Crippen molar-refractivity contribution in [2.45, 2.75) is 23.9 Å². The Morgan fingerprint density at radius 2 is 2.00 bits per heavy atom. The molecular weight excluding hydrogens is 284 g/mol. The predicted molar refractivity (Wildman–Crippen MR) is 74.5 cm³/mol. The Morgan fingerprint density at radius 1 is 1.40 bits per heavy atom. The van der Waals surface area contributed by atoms with E-state index in [1.165, 1.54) is 12.1 Å². The number of hydrogen-bond acceptors (Lipinski definition) is 6. The Morgan fingerprint density at radius 3 is 2.45 bits per heavy atom. The van der Waals surface area contributed by atoms with Crippen molar-refractivity contribution in [2.75, 3.05) is 14.1 Å². The molecule has 8 nitrogen and oxygen atoms in total. The van der Waals surface area contributed by atoms with Crippen LogP contribution in [0.2, 0.25) is 0 Å². The molecule has 0 bridgehead atoms. The third-order valence-electron chi connectivity index (χ3n) is 2.94. The zero-order valence-electron chi connectivity index (χ0n) is 11.3. The highest BCUT2D eigenvalue weighted by Gasteiger charge is 2.19. The third kappa shape index (κ3) is 4.23. The van der Waals surface area contributed by atoms with E-state index < -0.39 is 14.9 Å². The number of nitrogens with zero attached hydrogens (tertiary/aromatic N) is 2. The van der Waals surface area contributed by atoms with Crippen LogP contribution in [0.25, 0.3) is 0 Å². The summed E-state index contributed by atoms with van der Waals surface area (Å²) in [6.07, 6.45) is 0.634. The maximum atomic E-state index is 11.5. The topological polar surface area (TPSA) is 133 Å². The molecule has 1 unspecified atom stereocenters. The molecule has 0 heterocycles. The Labute approximate surface area is 117 Å². The molecule has 0 aliphatic rings. The maximum absolute atomic E-state index is 11.5. The van der Waals surface area contributed by atoms with Gasteiger partial charge < -0.3 is 5.73 Å². The SMILES string of the molecule is CN(C)C(N)CCc1ccc([N+](=O)[O-])cc1S(N)(=O)=O. The van der Waals surface area contributed by atoms with Crippen molar-refractivity contribution in [3.8, 4) is 0 Å². The van der Waals surface area contributed by atoms with Crippen LogP contribution in [-0.2, 0) is 16.4 Å². The van der Waals surface area contributed by atoms with E-state index in [0.717, 1.165) is 6.07 Å². The van der Waals surface area contributed by atoms with Crippen molar-refractivity contribution in [3.63, 3.8) is 0 Å². The molecule has 1 aromatic rings. The molecule has 1 aromatic carbocycles. The second kappa shape index (κ2) is 6.27. The molecule has 0 saturated heterocycles. The van der Waals surface area contributed by atoms with Crippen LogP contribution < -0.4 is 10.9 Å². The van der Waals surface area contributed by atoms with Gasteiger partial charge in [0.25, 0.3) is 5.69 Å². The molecule has 9 heteroatoms. The number of rotatable bonds is 6. The van der Waals surface area contributed by atoms with Crippen molar-refractivity contribution in [1.29, 1.82) is 0 Å². The maximum Gasteiger partial charge on any atom is 0.270 e. The van der Waals surface area contributed by atoms with Crippen LogP contribution in [0, 0.1) is 10.1 Å². The van der Waals surface area contributed by atoms with Crippen LogP contribution in [0.1, 0.15) is 12.0 Å². The number of sulfonamides is 1. The number of benzene rings is 1. The molecule has 0 fully saturated rings. The van der Waals surface area contributed by atoms with Gasteiger partial charge in [-0.3, -0.25) is 15.0 Å². The zero-order chi connectivity index (χ0) is 15.5. The van der Waals surface area contributed by atoms with Crippen LogP contribution in [0.5, 0.6) is 0 Å². The van der Waals surface area contributed by atoms with Gasteiger partial charge in [0.2, 0.25) is 10.0 Å². The van der Waals surface area contributed by atoms with Crippen LogP contribution in [0.4, 0.5) is 5.69 Å². The molecule has 0 aliphatic carbocycles. The standard InChI is InChI=1S/C11H18N4O4S/c1-14(2)11(12)6-4-8-3-5-9(15(16)17)7-10(8)20(13,18)19/h3,5,7,11H,4,6,12H2,1-2H3,(H2,13,18,19). The summed E-state index contributed by atoms with van der Waals surface area (Å²) in [6, 6.07) is 3.64. The Bertz CT molecular complexity index is 600. The smallest absolute Gasteiger partial charge is 0.270 e. The third-order valence-corrected chi connectivity index (χ3v) is 3.93. The normalized spacial score (nSPS) is 13.4. The lowest BCUT2D eigenvalue weighted by molar-refractivity contribution is -0.385. The van der Waals surface area contributed by atoms with Gasteiger partial charge in [-0.25, -0.2) is 13.6 Å². The summed E-state index contributed by atoms with van der Waals surface area (Å²) in [7, 11) is -0.403. The highest BCUT2D eigenvalue weighted by Crippen LogP contribution is 2.22. The van der Waals surface area contributed by atoms with Crippen LogP contribution in [0.3, 0.4) is 0 Å². The number of non-ortho nitro benzene ring substituents is 1. The van der Waals surface area contributed by atoms with E-state index in [9.17, 15) is 18.5 Å². The van der Waals surface area contributed by atoms with E-state index in [1.807, 2.05) is 0 Å². The van der Waals surface area contributed by atoms with Crippen molar-refractivity contribution in [2.24, 2.45) is 10.9 Å². The summed E-state index contributed by atoms with van der Waals surface area (Å²) >= 11 is 0. The highest BCUT2D eigenvalue weighted by molar-refractivity contribution is 7.89. The molecule has 0 aliphatic heterocycles. The first-order valence-electron chi connectivity index (χ1n) is 5.85. The minimum atomic E-state index is -4.02. The van der Waals surface area contributed by atoms with Crippen molar-refractivity contribution in [3.05, 3.63) is 33.9 Å². The van der Waals surface area contributed by atoms with Gasteiger partial charge in [-0.1, -0.05) is 6.07 Å². The fourth-order valence-corrected chi connectivity index (χ4v) is 2.51. The fraction of sp³-hybridized carbons (Fsp3) is 0.455. The molecule has 1 atom stereocenters. The number of primary sulfonamides is 1. The monoisotopic (exact) mass is 302 g/mol. The molecule has 112 valence electrons. The number of hydrogen-bond donors (Lipinski definition) is 2. The molecule has 0 amide bonds. The van der Waals surface area contributed by atoms with E-state index in [-0.39, 0.29) is 16.7 Å². The highest BCUT2D eigenvalue weighted by atomic mass is 32.2. The molecule has 0 radical (unpaired) electrons. The Hall–Kier alpha value is -1.55. The molecular formula is C11H18N4O4S. The van der Waals surface area contributed by atoms with Gasteiger partial charge in [-0.15, -0.1) is 0 Å². The van der Waals surface area contributed by atoms with Gasteiger partial charge in [0.15, 0.2) is 0 Å². The average molecular weight is 302 g/mol. The predicted octanol–water partition coefficient (Wildman–Crippen LogP) is 0.0212. The van der Waals surface area contributed by atoms with Gasteiger partial charge >= 0.3 is 0 Å². The zero-order valence-corrected chi connectivity index (χ0v) is 12.1. The summed E-state index contributed by atoms with van der Waals surface area (Å²) in [4.78, 5) is 11.6. The van der Waals surface area contributed by atoms with Gasteiger partial charge in [0.05, 0.1) is 16.0 Å². The van der Waals surface area contributed by atoms with E-state index in [4.69, 9.17) is 10.9 Å². The lowest BCUT2D eigenvalue weighted by atomic mass is 10.1. The van der Waals surface area contributed by atoms with E-state index >= 15 is 0 Å². The van der Waals surface area contributed by atoms with E-state index in [1.54, 1.807) is 19.0 Å². The second-order valence-electron chi connectivity index (χ2n) is 4.66. The minimum Gasteiger partial charge on any atom is -0.316 e. The van der Waals surface area contributed by atoms with Crippen molar-refractivity contribution >= 4 is 15.7 Å². The number of aryl methyl sites for hydroxylation is 1. The van der Waals surface area contributed by atoms with E-state index in [2.05, 4.69) is 0 Å². The molecule has 1 rings (SSSR count). The lowest BCUT2D eigenvalue weighted by Crippen LogP contribution is -2.36. The quantitative estimate of drug-likeness (QED) is 0.432. The first-order valence-corrected chi connectivity index (χ1v) is 7.39. The Balaban J connectivity index is 3.10. The van der Waals surface area contributed by atoms with Gasteiger partial charge in [-0.2, -0.15) is 0 Å². The Kier molecular flexibility index (Phi) is 5.17. The van der Waals surface area contributed by atoms with Gasteiger partial charge in [0, 0.05) is 12.1 Å². The van der Waals surface area contributed by atoms with Gasteiger partial charge in [-0.05, 0) is 32.5 Å². The fourth-order valence-electron chi connectivity index (χ4n) is 1.69. The van der Waals surface area contributed by atoms with Crippen LogP contribution in [0.15, 0.2) is 23.1 Å². The van der Waals surface area contributed by atoms with E-state index in [0.29, 0.717) is 18.4 Å². The molecule has 0 spiro atoms. The second-order valence-corrected chi connectivity index (χ2v) is 6.19. The first-order chi connectivity index (χ1) is 9.12. The van der Waals surface area contributed by atoms with Crippen molar-refractivity contribution < 1.29 is 13.3 Å². The summed E-state index contributed by atoms with van der Waals surface area (Å²) in [5, 5.41) is 15.8. The molecule has 20 heavy (non-hydrogen) atoms. The minimum absolute atomic E-state index is 0.224. The van der Waals surface area contributed by atoms with Gasteiger partial charge in [0.1, 0.15) is 0 Å².